The van der Waals surface area contributed by atoms with Gasteiger partial charge in [-0.1, -0.05) is 29.3 Å². The highest BCUT2D eigenvalue weighted by atomic mass is 35.5. The smallest absolute Gasteiger partial charge is 0.261 e. The van der Waals surface area contributed by atoms with Crippen molar-refractivity contribution in [1.82, 2.24) is 0 Å². The fraction of sp³-hybridized carbons (Fsp3) is 0. The Bertz CT molecular complexity index is 983. The van der Waals surface area contributed by atoms with E-state index < -0.39 is 5.91 Å². The molecule has 0 bridgehead atoms. The number of halogens is 2. The molecule has 0 spiro atoms. The lowest BCUT2D eigenvalue weighted by Gasteiger charge is -2.08. The van der Waals surface area contributed by atoms with Gasteiger partial charge in [0.05, 0.1) is 15.7 Å². The first-order chi connectivity index (χ1) is 11.0. The van der Waals surface area contributed by atoms with Crippen molar-refractivity contribution in [3.05, 3.63) is 63.6 Å². The van der Waals surface area contributed by atoms with Crippen molar-refractivity contribution in [3.63, 3.8) is 0 Å². The molecule has 0 aliphatic heterocycles. The molecule has 0 radical (unpaired) electrons. The summed E-state index contributed by atoms with van der Waals surface area (Å²) in [6, 6.07) is 10.8. The third kappa shape index (κ3) is 3.02. The number of benzene rings is 2. The Morgan fingerprint density at radius 1 is 1.17 bits per heavy atom. The molecule has 7 heteroatoms. The maximum Gasteiger partial charge on any atom is 0.261 e. The van der Waals surface area contributed by atoms with Crippen LogP contribution in [0, 0.1) is 5.41 Å². The van der Waals surface area contributed by atoms with Crippen LogP contribution < -0.4 is 10.9 Å². The highest BCUT2D eigenvalue weighted by Crippen LogP contribution is 2.29. The number of anilines is 1. The largest absolute Gasteiger partial charge is 0.508 e. The molecule has 1 heterocycles. The maximum absolute atomic E-state index is 12.4. The Morgan fingerprint density at radius 2 is 1.96 bits per heavy atom. The van der Waals surface area contributed by atoms with Crippen molar-refractivity contribution >= 4 is 45.8 Å². The first kappa shape index (κ1) is 15.4. The molecule has 0 atom stereocenters. The number of amides is 1. The summed E-state index contributed by atoms with van der Waals surface area (Å²) in [5.41, 5.74) is 0.375. The number of carbonyl (C=O) groups excluding carboxylic acids is 1. The summed E-state index contributed by atoms with van der Waals surface area (Å²) in [6.07, 6.45) is 0. The molecule has 0 fully saturated rings. The predicted molar refractivity (Wildman–Crippen MR) is 88.1 cm³/mol. The lowest BCUT2D eigenvalue weighted by Crippen LogP contribution is -2.21. The minimum Gasteiger partial charge on any atom is -0.508 e. The monoisotopic (exact) mass is 348 g/mol. The Kier molecular flexibility index (Phi) is 3.98. The van der Waals surface area contributed by atoms with Crippen LogP contribution >= 0.6 is 23.2 Å². The molecular formula is C16H10Cl2N2O3. The number of phenols is 1. The maximum atomic E-state index is 12.4. The van der Waals surface area contributed by atoms with E-state index in [2.05, 4.69) is 5.32 Å². The number of aromatic hydroxyl groups is 1. The molecule has 0 saturated carbocycles. The Balaban J connectivity index is 2.01. The molecule has 1 amide bonds. The van der Waals surface area contributed by atoms with Crippen LogP contribution in [0.1, 0.15) is 10.4 Å². The van der Waals surface area contributed by atoms with E-state index in [0.717, 1.165) is 0 Å². The molecule has 0 saturated heterocycles. The van der Waals surface area contributed by atoms with E-state index in [0.29, 0.717) is 21.7 Å². The minimum atomic E-state index is -0.544. The zero-order valence-corrected chi connectivity index (χ0v) is 13.1. The van der Waals surface area contributed by atoms with E-state index in [1.54, 1.807) is 24.3 Å². The zero-order chi connectivity index (χ0) is 16.6. The van der Waals surface area contributed by atoms with Crippen molar-refractivity contribution in [2.75, 3.05) is 5.32 Å². The predicted octanol–water partition coefficient (Wildman–Crippen LogP) is 4.18. The quantitative estimate of drug-likeness (QED) is 0.649. The highest BCUT2D eigenvalue weighted by Gasteiger charge is 2.14. The summed E-state index contributed by atoms with van der Waals surface area (Å²) in [7, 11) is 0. The average molecular weight is 349 g/mol. The summed E-state index contributed by atoms with van der Waals surface area (Å²) in [4.78, 5) is 12.4. The third-order valence-corrected chi connectivity index (χ3v) is 4.02. The van der Waals surface area contributed by atoms with Gasteiger partial charge in [0, 0.05) is 11.5 Å². The van der Waals surface area contributed by atoms with Crippen LogP contribution in [-0.2, 0) is 0 Å². The molecule has 2 aromatic carbocycles. The Morgan fingerprint density at radius 3 is 2.74 bits per heavy atom. The Labute approximate surface area is 140 Å². The van der Waals surface area contributed by atoms with Crippen LogP contribution in [0.4, 0.5) is 5.69 Å². The van der Waals surface area contributed by atoms with E-state index in [4.69, 9.17) is 33.0 Å². The molecule has 3 aromatic rings. The van der Waals surface area contributed by atoms with Crippen LogP contribution in [0.5, 0.6) is 5.75 Å². The molecule has 0 aliphatic carbocycles. The summed E-state index contributed by atoms with van der Waals surface area (Å²) in [5, 5.41) is 21.0. The minimum absolute atomic E-state index is 0.0172. The van der Waals surface area contributed by atoms with Gasteiger partial charge in [0.15, 0.2) is 0 Å². The molecule has 5 nitrogen and oxygen atoms in total. The van der Waals surface area contributed by atoms with E-state index in [1.165, 1.54) is 18.2 Å². The number of carbonyl (C=O) groups is 1. The Hall–Kier alpha value is -2.50. The molecule has 23 heavy (non-hydrogen) atoms. The molecule has 116 valence electrons. The lowest BCUT2D eigenvalue weighted by molar-refractivity contribution is 0.102. The summed E-state index contributed by atoms with van der Waals surface area (Å²) < 4.78 is 5.27. The van der Waals surface area contributed by atoms with Gasteiger partial charge in [-0.05, 0) is 30.3 Å². The van der Waals surface area contributed by atoms with Gasteiger partial charge >= 0.3 is 0 Å². The van der Waals surface area contributed by atoms with Gasteiger partial charge in [0.25, 0.3) is 5.91 Å². The van der Waals surface area contributed by atoms with E-state index in [-0.39, 0.29) is 21.9 Å². The van der Waals surface area contributed by atoms with Crippen molar-refractivity contribution in [3.8, 4) is 5.75 Å². The van der Waals surface area contributed by atoms with E-state index in [9.17, 15) is 9.90 Å². The average Bonchev–Trinajstić information content (AvgIpc) is 2.51. The number of rotatable bonds is 2. The SMILES string of the molecule is N=c1oc2cc(O)ccc2cc1C(=O)Nc1cccc(Cl)c1Cl. The fourth-order valence-electron chi connectivity index (χ4n) is 2.08. The second kappa shape index (κ2) is 5.95. The van der Waals surface area contributed by atoms with Gasteiger partial charge in [-0.25, -0.2) is 0 Å². The van der Waals surface area contributed by atoms with Crippen molar-refractivity contribution in [1.29, 1.82) is 5.41 Å². The van der Waals surface area contributed by atoms with Crippen LogP contribution in [-0.4, -0.2) is 11.0 Å². The van der Waals surface area contributed by atoms with E-state index in [1.807, 2.05) is 0 Å². The normalized spacial score (nSPS) is 10.7. The highest BCUT2D eigenvalue weighted by molar-refractivity contribution is 6.44. The molecular weight excluding hydrogens is 339 g/mol. The molecule has 0 unspecified atom stereocenters. The number of phenolic OH excluding ortho intramolecular Hbond substituents is 1. The standard InChI is InChI=1S/C16H10Cl2N2O3/c17-11-2-1-3-12(14(11)18)20-16(22)10-6-8-4-5-9(21)7-13(8)23-15(10)19/h1-7,19,21H,(H,20,22). The van der Waals surface area contributed by atoms with Gasteiger partial charge in [-0.15, -0.1) is 0 Å². The number of hydrogen-bond donors (Lipinski definition) is 3. The van der Waals surface area contributed by atoms with Crippen LogP contribution in [0.25, 0.3) is 11.0 Å². The summed E-state index contributed by atoms with van der Waals surface area (Å²) in [5.74, 6) is -0.526. The van der Waals surface area contributed by atoms with Gasteiger partial charge < -0.3 is 14.8 Å². The molecule has 3 rings (SSSR count). The molecule has 1 aromatic heterocycles. The second-order valence-corrected chi connectivity index (χ2v) is 5.55. The third-order valence-electron chi connectivity index (χ3n) is 3.20. The van der Waals surface area contributed by atoms with Gasteiger partial charge in [0.2, 0.25) is 5.55 Å². The first-order valence-electron chi connectivity index (χ1n) is 6.52. The molecule has 0 aliphatic rings. The fourth-order valence-corrected chi connectivity index (χ4v) is 2.42. The van der Waals surface area contributed by atoms with E-state index >= 15 is 0 Å². The van der Waals surface area contributed by atoms with Crippen LogP contribution in [0.15, 0.2) is 46.9 Å². The molecule has 3 N–H and O–H groups in total. The van der Waals surface area contributed by atoms with Gasteiger partial charge in [-0.3, -0.25) is 10.2 Å². The van der Waals surface area contributed by atoms with Crippen molar-refractivity contribution in [2.24, 2.45) is 0 Å². The van der Waals surface area contributed by atoms with Crippen LogP contribution in [0.3, 0.4) is 0 Å². The number of hydrogen-bond acceptors (Lipinski definition) is 4. The second-order valence-electron chi connectivity index (χ2n) is 4.77. The summed E-state index contributed by atoms with van der Waals surface area (Å²) >= 11 is 11.9. The topological polar surface area (TPSA) is 86.3 Å². The van der Waals surface area contributed by atoms with Crippen molar-refractivity contribution in [2.45, 2.75) is 0 Å². The van der Waals surface area contributed by atoms with Gasteiger partial charge in [0.1, 0.15) is 16.9 Å². The first-order valence-corrected chi connectivity index (χ1v) is 7.28. The zero-order valence-electron chi connectivity index (χ0n) is 11.6. The van der Waals surface area contributed by atoms with Gasteiger partial charge in [-0.2, -0.15) is 0 Å². The number of fused-ring (bicyclic) bond motifs is 1. The van der Waals surface area contributed by atoms with Crippen LogP contribution in [0.2, 0.25) is 10.0 Å². The summed E-state index contributed by atoms with van der Waals surface area (Å²) in [6.45, 7) is 0. The lowest BCUT2D eigenvalue weighted by atomic mass is 10.1. The number of nitrogens with one attached hydrogen (secondary N) is 2. The van der Waals surface area contributed by atoms with Crippen molar-refractivity contribution < 1.29 is 14.3 Å².